The van der Waals surface area contributed by atoms with Crippen LogP contribution in [0.5, 0.6) is 11.5 Å². The highest BCUT2D eigenvalue weighted by Gasteiger charge is 2.05. The van der Waals surface area contributed by atoms with E-state index >= 15 is 0 Å². The van der Waals surface area contributed by atoms with Crippen LogP contribution in [0.2, 0.25) is 0 Å². The Morgan fingerprint density at radius 3 is 2.33 bits per heavy atom. The van der Waals surface area contributed by atoms with Gasteiger partial charge in [0.25, 0.3) is 0 Å². The standard InChI is InChI=1S/C15H23BrO2/c1-3-8-13(16)9-7-12-18-15-11-6-5-10-14(15)17-4-2/h5-6,10-11,13H,3-4,7-9,12H2,1-2H3. The Hall–Kier alpha value is -0.700. The minimum Gasteiger partial charge on any atom is -0.490 e. The second-order valence-corrected chi connectivity index (χ2v) is 5.55. The third kappa shape index (κ3) is 5.76. The molecule has 0 fully saturated rings. The maximum Gasteiger partial charge on any atom is 0.161 e. The summed E-state index contributed by atoms with van der Waals surface area (Å²) in [6.45, 7) is 5.61. The maximum atomic E-state index is 5.77. The lowest BCUT2D eigenvalue weighted by Crippen LogP contribution is -2.04. The van der Waals surface area contributed by atoms with E-state index in [1.54, 1.807) is 0 Å². The fourth-order valence-corrected chi connectivity index (χ4v) is 2.57. The van der Waals surface area contributed by atoms with Crippen molar-refractivity contribution >= 4 is 15.9 Å². The first-order valence-corrected chi connectivity index (χ1v) is 7.68. The van der Waals surface area contributed by atoms with Gasteiger partial charge in [0.15, 0.2) is 11.5 Å². The van der Waals surface area contributed by atoms with E-state index in [4.69, 9.17) is 9.47 Å². The molecule has 0 aliphatic heterocycles. The van der Waals surface area contributed by atoms with Crippen molar-refractivity contribution < 1.29 is 9.47 Å². The number of halogens is 1. The van der Waals surface area contributed by atoms with Crippen LogP contribution < -0.4 is 9.47 Å². The Labute approximate surface area is 119 Å². The number of alkyl halides is 1. The molecule has 0 aliphatic carbocycles. The predicted molar refractivity (Wildman–Crippen MR) is 80.0 cm³/mol. The van der Waals surface area contributed by atoms with Crippen molar-refractivity contribution in [2.24, 2.45) is 0 Å². The van der Waals surface area contributed by atoms with Gasteiger partial charge in [-0.05, 0) is 38.3 Å². The molecule has 0 saturated carbocycles. The summed E-state index contributed by atoms with van der Waals surface area (Å²) in [5.41, 5.74) is 0. The van der Waals surface area contributed by atoms with E-state index in [9.17, 15) is 0 Å². The van der Waals surface area contributed by atoms with E-state index in [0.717, 1.165) is 30.9 Å². The molecule has 0 aliphatic rings. The number of rotatable bonds is 9. The topological polar surface area (TPSA) is 18.5 Å². The summed E-state index contributed by atoms with van der Waals surface area (Å²) in [4.78, 5) is 0.619. The average molecular weight is 315 g/mol. The third-order valence-corrected chi connectivity index (χ3v) is 3.59. The summed E-state index contributed by atoms with van der Waals surface area (Å²) in [5, 5.41) is 0. The number of benzene rings is 1. The van der Waals surface area contributed by atoms with Crippen molar-refractivity contribution in [2.75, 3.05) is 13.2 Å². The zero-order valence-corrected chi connectivity index (χ0v) is 12.9. The Balaban J connectivity index is 2.30. The van der Waals surface area contributed by atoms with Gasteiger partial charge in [-0.1, -0.05) is 41.4 Å². The lowest BCUT2D eigenvalue weighted by atomic mass is 10.2. The van der Waals surface area contributed by atoms with Crippen LogP contribution in [0.4, 0.5) is 0 Å². The molecule has 1 unspecified atom stereocenters. The highest BCUT2D eigenvalue weighted by molar-refractivity contribution is 9.09. The lowest BCUT2D eigenvalue weighted by molar-refractivity contribution is 0.271. The van der Waals surface area contributed by atoms with Gasteiger partial charge in [-0.2, -0.15) is 0 Å². The van der Waals surface area contributed by atoms with Gasteiger partial charge in [0.1, 0.15) is 0 Å². The normalized spacial score (nSPS) is 12.2. The fraction of sp³-hybridized carbons (Fsp3) is 0.600. The molecule has 0 aromatic heterocycles. The largest absolute Gasteiger partial charge is 0.490 e. The monoisotopic (exact) mass is 314 g/mol. The molecule has 2 nitrogen and oxygen atoms in total. The van der Waals surface area contributed by atoms with Gasteiger partial charge < -0.3 is 9.47 Å². The van der Waals surface area contributed by atoms with Gasteiger partial charge in [-0.3, -0.25) is 0 Å². The van der Waals surface area contributed by atoms with Crippen molar-refractivity contribution in [1.29, 1.82) is 0 Å². The average Bonchev–Trinajstić information content (AvgIpc) is 2.37. The van der Waals surface area contributed by atoms with Crippen molar-refractivity contribution in [3.05, 3.63) is 24.3 Å². The summed E-state index contributed by atoms with van der Waals surface area (Å²) < 4.78 is 11.3. The molecule has 0 saturated heterocycles. The molecule has 1 atom stereocenters. The van der Waals surface area contributed by atoms with E-state index in [1.807, 2.05) is 31.2 Å². The van der Waals surface area contributed by atoms with E-state index < -0.39 is 0 Å². The van der Waals surface area contributed by atoms with Crippen LogP contribution in [-0.4, -0.2) is 18.0 Å². The Morgan fingerprint density at radius 2 is 1.72 bits per heavy atom. The Bertz CT molecular complexity index is 328. The molecular weight excluding hydrogens is 292 g/mol. The summed E-state index contributed by atoms with van der Waals surface area (Å²) in [5.74, 6) is 1.69. The molecule has 18 heavy (non-hydrogen) atoms. The minimum atomic E-state index is 0.619. The minimum absolute atomic E-state index is 0.619. The van der Waals surface area contributed by atoms with Crippen LogP contribution in [0.1, 0.15) is 39.5 Å². The zero-order valence-electron chi connectivity index (χ0n) is 11.3. The van der Waals surface area contributed by atoms with Crippen molar-refractivity contribution in [3.8, 4) is 11.5 Å². The summed E-state index contributed by atoms with van der Waals surface area (Å²) in [6, 6.07) is 7.85. The number of hydrogen-bond acceptors (Lipinski definition) is 2. The fourth-order valence-electron chi connectivity index (χ4n) is 1.79. The third-order valence-electron chi connectivity index (χ3n) is 2.67. The van der Waals surface area contributed by atoms with Gasteiger partial charge in [0.05, 0.1) is 13.2 Å². The first kappa shape index (κ1) is 15.4. The van der Waals surface area contributed by atoms with E-state index in [1.165, 1.54) is 12.8 Å². The molecule has 1 aromatic rings. The molecule has 1 aromatic carbocycles. The molecule has 0 radical (unpaired) electrons. The molecule has 1 rings (SSSR count). The van der Waals surface area contributed by atoms with E-state index in [0.29, 0.717) is 11.4 Å². The van der Waals surface area contributed by atoms with Crippen molar-refractivity contribution in [2.45, 2.75) is 44.4 Å². The molecule has 102 valence electrons. The van der Waals surface area contributed by atoms with Gasteiger partial charge in [-0.15, -0.1) is 0 Å². The summed E-state index contributed by atoms with van der Waals surface area (Å²) >= 11 is 3.68. The maximum absolute atomic E-state index is 5.77. The first-order chi connectivity index (χ1) is 8.77. The first-order valence-electron chi connectivity index (χ1n) is 6.76. The molecule has 0 amide bonds. The number of para-hydroxylation sites is 2. The van der Waals surface area contributed by atoms with Crippen molar-refractivity contribution in [1.82, 2.24) is 0 Å². The van der Waals surface area contributed by atoms with Gasteiger partial charge >= 0.3 is 0 Å². The zero-order chi connectivity index (χ0) is 13.2. The van der Waals surface area contributed by atoms with Crippen LogP contribution in [0.15, 0.2) is 24.3 Å². The smallest absolute Gasteiger partial charge is 0.161 e. The van der Waals surface area contributed by atoms with Crippen LogP contribution in [0, 0.1) is 0 Å². The molecule has 0 N–H and O–H groups in total. The van der Waals surface area contributed by atoms with Crippen LogP contribution in [0.3, 0.4) is 0 Å². The van der Waals surface area contributed by atoms with Gasteiger partial charge in [0.2, 0.25) is 0 Å². The quantitative estimate of drug-likeness (QED) is 0.481. The molecule has 0 spiro atoms. The summed E-state index contributed by atoms with van der Waals surface area (Å²) in [6.07, 6.45) is 4.68. The lowest BCUT2D eigenvalue weighted by Gasteiger charge is -2.12. The number of hydrogen-bond donors (Lipinski definition) is 0. The molecule has 0 bridgehead atoms. The van der Waals surface area contributed by atoms with Crippen LogP contribution in [0.25, 0.3) is 0 Å². The highest BCUT2D eigenvalue weighted by Crippen LogP contribution is 2.26. The van der Waals surface area contributed by atoms with Gasteiger partial charge in [-0.25, -0.2) is 0 Å². The van der Waals surface area contributed by atoms with E-state index in [2.05, 4.69) is 22.9 Å². The van der Waals surface area contributed by atoms with E-state index in [-0.39, 0.29) is 0 Å². The summed E-state index contributed by atoms with van der Waals surface area (Å²) in [7, 11) is 0. The second-order valence-electron chi connectivity index (χ2n) is 4.26. The van der Waals surface area contributed by atoms with Crippen LogP contribution >= 0.6 is 15.9 Å². The molecule has 0 heterocycles. The van der Waals surface area contributed by atoms with Gasteiger partial charge in [0, 0.05) is 4.83 Å². The predicted octanol–water partition coefficient (Wildman–Crippen LogP) is 4.81. The van der Waals surface area contributed by atoms with Crippen molar-refractivity contribution in [3.63, 3.8) is 0 Å². The second kappa shape index (κ2) is 9.26. The highest BCUT2D eigenvalue weighted by atomic mass is 79.9. The molecular formula is C15H23BrO2. The Kier molecular flexibility index (Phi) is 7.90. The Morgan fingerprint density at radius 1 is 1.06 bits per heavy atom. The number of ether oxygens (including phenoxy) is 2. The molecule has 3 heteroatoms. The SMILES string of the molecule is CCCC(Br)CCCOc1ccccc1OCC. The van der Waals surface area contributed by atoms with Crippen LogP contribution in [-0.2, 0) is 0 Å².